The van der Waals surface area contributed by atoms with Crippen molar-refractivity contribution in [3.05, 3.63) is 71.3 Å². The van der Waals surface area contributed by atoms with Gasteiger partial charge in [0.15, 0.2) is 6.04 Å². The zero-order chi connectivity index (χ0) is 23.2. The van der Waals surface area contributed by atoms with Gasteiger partial charge in [-0.05, 0) is 51.0 Å². The molecule has 2 N–H and O–H groups in total. The molecule has 0 fully saturated rings. The van der Waals surface area contributed by atoms with E-state index in [0.717, 1.165) is 12.1 Å². The molecule has 0 saturated heterocycles. The van der Waals surface area contributed by atoms with Crippen LogP contribution < -0.4 is 10.6 Å². The van der Waals surface area contributed by atoms with Crippen LogP contribution in [-0.2, 0) is 25.5 Å². The number of esters is 1. The van der Waals surface area contributed by atoms with E-state index in [1.165, 1.54) is 6.92 Å². The summed E-state index contributed by atoms with van der Waals surface area (Å²) in [5.41, 5.74) is -0.0908. The first-order chi connectivity index (χ1) is 14.4. The topological polar surface area (TPSA) is 84.5 Å². The Kier molecular flexibility index (Phi) is 7.85. The van der Waals surface area contributed by atoms with Crippen molar-refractivity contribution in [2.24, 2.45) is 0 Å². The van der Waals surface area contributed by atoms with Crippen molar-refractivity contribution < 1.29 is 27.9 Å². The van der Waals surface area contributed by atoms with Gasteiger partial charge in [-0.25, -0.2) is 13.6 Å². The van der Waals surface area contributed by atoms with E-state index in [4.69, 9.17) is 4.74 Å². The number of hydrogen-bond donors (Lipinski definition) is 2. The zero-order valence-corrected chi connectivity index (χ0v) is 17.9. The lowest BCUT2D eigenvalue weighted by Gasteiger charge is -2.26. The highest BCUT2D eigenvalue weighted by molar-refractivity contribution is 5.91. The molecule has 0 aromatic heterocycles. The molecule has 0 aliphatic heterocycles. The average molecular weight is 432 g/mol. The Morgan fingerprint density at radius 2 is 1.55 bits per heavy atom. The van der Waals surface area contributed by atoms with Crippen molar-refractivity contribution in [3.63, 3.8) is 0 Å². The van der Waals surface area contributed by atoms with Gasteiger partial charge in [-0.3, -0.25) is 9.59 Å². The van der Waals surface area contributed by atoms with Crippen molar-refractivity contribution >= 4 is 17.8 Å². The highest BCUT2D eigenvalue weighted by atomic mass is 19.1. The molecule has 2 aromatic rings. The van der Waals surface area contributed by atoms with E-state index >= 15 is 0 Å². The minimum absolute atomic E-state index is 0.138. The SMILES string of the molecule is C[C@@H](NC(=O)Cc1cc(F)cc(F)c1)C(=O)NC(C(=O)OC(C)(C)C)c1ccccc1. The van der Waals surface area contributed by atoms with Crippen molar-refractivity contribution in [1.82, 2.24) is 10.6 Å². The lowest BCUT2D eigenvalue weighted by atomic mass is 10.1. The van der Waals surface area contributed by atoms with Crippen LogP contribution >= 0.6 is 0 Å². The number of benzene rings is 2. The lowest BCUT2D eigenvalue weighted by molar-refractivity contribution is -0.159. The van der Waals surface area contributed by atoms with Crippen molar-refractivity contribution in [3.8, 4) is 0 Å². The number of halogens is 2. The summed E-state index contributed by atoms with van der Waals surface area (Å²) >= 11 is 0. The van der Waals surface area contributed by atoms with Crippen LogP contribution in [0.5, 0.6) is 0 Å². The van der Waals surface area contributed by atoms with Gasteiger partial charge in [0.25, 0.3) is 0 Å². The molecule has 6 nitrogen and oxygen atoms in total. The third kappa shape index (κ3) is 7.81. The van der Waals surface area contributed by atoms with Crippen LogP contribution in [0.15, 0.2) is 48.5 Å². The fourth-order valence-corrected chi connectivity index (χ4v) is 2.81. The number of carbonyl (C=O) groups is 3. The Morgan fingerprint density at radius 1 is 0.968 bits per heavy atom. The van der Waals surface area contributed by atoms with E-state index in [2.05, 4.69) is 10.6 Å². The zero-order valence-electron chi connectivity index (χ0n) is 17.9. The molecule has 2 rings (SSSR count). The summed E-state index contributed by atoms with van der Waals surface area (Å²) < 4.78 is 32.0. The maximum Gasteiger partial charge on any atom is 0.333 e. The van der Waals surface area contributed by atoms with Crippen molar-refractivity contribution in [2.45, 2.75) is 51.8 Å². The van der Waals surface area contributed by atoms with Gasteiger partial charge in [-0.1, -0.05) is 30.3 Å². The molecule has 2 amide bonds. The number of hydrogen-bond acceptors (Lipinski definition) is 4. The van der Waals surface area contributed by atoms with E-state index in [9.17, 15) is 23.2 Å². The summed E-state index contributed by atoms with van der Waals surface area (Å²) in [5.74, 6) is -3.44. The second-order valence-corrected chi connectivity index (χ2v) is 8.13. The normalized spacial score (nSPS) is 13.1. The first-order valence-corrected chi connectivity index (χ1v) is 9.77. The van der Waals surface area contributed by atoms with Crippen LogP contribution in [0.2, 0.25) is 0 Å². The summed E-state index contributed by atoms with van der Waals surface area (Å²) in [6, 6.07) is 9.30. The van der Waals surface area contributed by atoms with E-state index < -0.39 is 47.1 Å². The molecule has 2 aromatic carbocycles. The van der Waals surface area contributed by atoms with Crippen LogP contribution in [0.25, 0.3) is 0 Å². The second kappa shape index (κ2) is 10.1. The Hall–Kier alpha value is -3.29. The second-order valence-electron chi connectivity index (χ2n) is 8.13. The van der Waals surface area contributed by atoms with Crippen LogP contribution in [0.4, 0.5) is 8.78 Å². The molecular weight excluding hydrogens is 406 g/mol. The fraction of sp³-hybridized carbons (Fsp3) is 0.348. The summed E-state index contributed by atoms with van der Waals surface area (Å²) in [6.45, 7) is 6.59. The molecule has 1 unspecified atom stereocenters. The van der Waals surface area contributed by atoms with E-state index in [1.807, 2.05) is 0 Å². The minimum Gasteiger partial charge on any atom is -0.458 e. The smallest absolute Gasteiger partial charge is 0.333 e. The maximum absolute atomic E-state index is 13.3. The number of carbonyl (C=O) groups excluding carboxylic acids is 3. The van der Waals surface area contributed by atoms with E-state index in [0.29, 0.717) is 11.6 Å². The van der Waals surface area contributed by atoms with Gasteiger partial charge in [-0.15, -0.1) is 0 Å². The fourth-order valence-electron chi connectivity index (χ4n) is 2.81. The van der Waals surface area contributed by atoms with Crippen LogP contribution in [0.1, 0.15) is 44.9 Å². The summed E-state index contributed by atoms with van der Waals surface area (Å²) in [5, 5.41) is 5.06. The first kappa shape index (κ1) is 24.0. The third-order valence-corrected chi connectivity index (χ3v) is 4.12. The number of nitrogens with one attached hydrogen (secondary N) is 2. The summed E-state index contributed by atoms with van der Waals surface area (Å²) in [6.07, 6.45) is -0.305. The summed E-state index contributed by atoms with van der Waals surface area (Å²) in [4.78, 5) is 37.5. The molecule has 31 heavy (non-hydrogen) atoms. The Morgan fingerprint density at radius 3 is 2.10 bits per heavy atom. The molecule has 0 radical (unpaired) electrons. The van der Waals surface area contributed by atoms with Gasteiger partial charge in [0, 0.05) is 6.07 Å². The Labute approximate surface area is 180 Å². The highest BCUT2D eigenvalue weighted by Crippen LogP contribution is 2.19. The Bertz CT molecular complexity index is 922. The number of rotatable bonds is 7. The molecule has 0 aliphatic carbocycles. The van der Waals surface area contributed by atoms with Gasteiger partial charge in [0.2, 0.25) is 11.8 Å². The monoisotopic (exact) mass is 432 g/mol. The minimum atomic E-state index is -1.07. The molecule has 8 heteroatoms. The molecular formula is C23H26F2N2O4. The first-order valence-electron chi connectivity index (χ1n) is 9.77. The molecule has 0 aliphatic rings. The van der Waals surface area contributed by atoms with Crippen LogP contribution in [0, 0.1) is 11.6 Å². The highest BCUT2D eigenvalue weighted by Gasteiger charge is 2.29. The van der Waals surface area contributed by atoms with Gasteiger partial charge in [0.05, 0.1) is 6.42 Å². The van der Waals surface area contributed by atoms with Crippen molar-refractivity contribution in [2.75, 3.05) is 0 Å². The van der Waals surface area contributed by atoms with E-state index in [1.54, 1.807) is 51.1 Å². The molecule has 0 saturated carbocycles. The van der Waals surface area contributed by atoms with E-state index in [-0.39, 0.29) is 12.0 Å². The molecule has 0 spiro atoms. The largest absolute Gasteiger partial charge is 0.458 e. The van der Waals surface area contributed by atoms with Crippen LogP contribution in [-0.4, -0.2) is 29.4 Å². The van der Waals surface area contributed by atoms with Gasteiger partial charge < -0.3 is 15.4 Å². The van der Waals surface area contributed by atoms with Gasteiger partial charge in [-0.2, -0.15) is 0 Å². The number of ether oxygens (including phenoxy) is 1. The standard InChI is InChI=1S/C23H26F2N2O4/c1-14(26-19(28)12-15-10-17(24)13-18(25)11-15)21(29)27-20(16-8-6-5-7-9-16)22(30)31-23(2,3)4/h5-11,13-14,20H,12H2,1-4H3,(H,26,28)(H,27,29)/t14-,20?/m1/s1. The average Bonchev–Trinajstić information content (AvgIpc) is 2.64. The van der Waals surface area contributed by atoms with Gasteiger partial charge in [0.1, 0.15) is 23.3 Å². The molecule has 0 heterocycles. The summed E-state index contributed by atoms with van der Waals surface area (Å²) in [7, 11) is 0. The number of amides is 2. The Balaban J connectivity index is 2.06. The molecule has 166 valence electrons. The maximum atomic E-state index is 13.3. The van der Waals surface area contributed by atoms with Crippen LogP contribution in [0.3, 0.4) is 0 Å². The predicted molar refractivity (Wildman–Crippen MR) is 111 cm³/mol. The molecule has 0 bridgehead atoms. The quantitative estimate of drug-likeness (QED) is 0.658. The predicted octanol–water partition coefficient (Wildman–Crippen LogP) is 3.21. The molecule has 2 atom stereocenters. The third-order valence-electron chi connectivity index (χ3n) is 4.12. The lowest BCUT2D eigenvalue weighted by Crippen LogP contribution is -2.48. The van der Waals surface area contributed by atoms with Gasteiger partial charge >= 0.3 is 5.97 Å². The van der Waals surface area contributed by atoms with Crippen molar-refractivity contribution in [1.29, 1.82) is 0 Å².